The van der Waals surface area contributed by atoms with Gasteiger partial charge in [-0.3, -0.25) is 9.59 Å². The quantitative estimate of drug-likeness (QED) is 0.706. The van der Waals surface area contributed by atoms with E-state index in [9.17, 15) is 14.4 Å². The number of anilines is 1. The summed E-state index contributed by atoms with van der Waals surface area (Å²) in [4.78, 5) is 42.1. The van der Waals surface area contributed by atoms with Gasteiger partial charge in [-0.25, -0.2) is 4.79 Å². The van der Waals surface area contributed by atoms with Gasteiger partial charge in [0.25, 0.3) is 0 Å². The molecule has 3 atom stereocenters. The number of benzene rings is 1. The van der Waals surface area contributed by atoms with Crippen LogP contribution in [0, 0.1) is 11.8 Å². The highest BCUT2D eigenvalue weighted by molar-refractivity contribution is 6.30. The maximum absolute atomic E-state index is 12.9. The van der Waals surface area contributed by atoms with Gasteiger partial charge in [0.05, 0.1) is 18.1 Å². The molecule has 0 spiro atoms. The van der Waals surface area contributed by atoms with Gasteiger partial charge in [-0.2, -0.15) is 9.78 Å². The Morgan fingerprint density at radius 1 is 1.12 bits per heavy atom. The van der Waals surface area contributed by atoms with E-state index in [2.05, 4.69) is 5.10 Å². The van der Waals surface area contributed by atoms with Crippen molar-refractivity contribution in [3.05, 3.63) is 47.2 Å². The van der Waals surface area contributed by atoms with Crippen LogP contribution in [-0.2, 0) is 16.1 Å². The van der Waals surface area contributed by atoms with Gasteiger partial charge in [0.2, 0.25) is 11.8 Å². The molecule has 4 rings (SSSR count). The molecule has 0 unspecified atom stereocenters. The van der Waals surface area contributed by atoms with Crippen molar-refractivity contribution in [3.63, 3.8) is 0 Å². The Bertz CT molecular complexity index is 1020. The van der Waals surface area contributed by atoms with E-state index in [1.807, 2.05) is 34.1 Å². The Kier molecular flexibility index (Phi) is 6.24. The second-order valence-electron chi connectivity index (χ2n) is 8.83. The number of carbonyl (C=O) groups excluding carboxylic acids is 3. The number of amides is 3. The molecule has 1 aliphatic heterocycles. The van der Waals surface area contributed by atoms with Crippen LogP contribution in [0.2, 0.25) is 5.02 Å². The molecule has 2 fully saturated rings. The molecule has 2 aliphatic rings. The number of nitrogens with zero attached hydrogens (tertiary/aromatic N) is 5. The molecule has 0 N–H and O–H groups in total. The van der Waals surface area contributed by atoms with Crippen molar-refractivity contribution in [1.29, 1.82) is 0 Å². The summed E-state index contributed by atoms with van der Waals surface area (Å²) in [5.41, 5.74) is 1.61. The number of hydrogen-bond acceptors (Lipinski definition) is 4. The van der Waals surface area contributed by atoms with Crippen LogP contribution in [-0.4, -0.2) is 63.6 Å². The lowest BCUT2D eigenvalue weighted by molar-refractivity contribution is -0.131. The Labute approximate surface area is 192 Å². The number of fused-ring (bicyclic) bond motifs is 1. The molecule has 1 aromatic heterocycles. The highest BCUT2D eigenvalue weighted by atomic mass is 35.5. The Morgan fingerprint density at radius 3 is 2.41 bits per heavy atom. The molecule has 3 amide bonds. The number of rotatable bonds is 4. The van der Waals surface area contributed by atoms with E-state index in [-0.39, 0.29) is 23.9 Å². The van der Waals surface area contributed by atoms with Crippen molar-refractivity contribution >= 4 is 35.1 Å². The first-order valence-corrected chi connectivity index (χ1v) is 11.2. The van der Waals surface area contributed by atoms with Gasteiger partial charge in [-0.1, -0.05) is 23.7 Å². The van der Waals surface area contributed by atoms with E-state index < -0.39 is 0 Å². The zero-order valence-electron chi connectivity index (χ0n) is 18.6. The molecule has 2 aromatic rings. The van der Waals surface area contributed by atoms with Crippen molar-refractivity contribution in [2.45, 2.75) is 39.3 Å². The zero-order valence-corrected chi connectivity index (χ0v) is 19.3. The number of hydrogen-bond donors (Lipinski definition) is 0. The lowest BCUT2D eigenvalue weighted by Gasteiger charge is -2.29. The molecule has 1 aliphatic carbocycles. The molecule has 1 saturated heterocycles. The SMILES string of the molecule is CC(=O)N(C)c1cnn(C(=O)N2C[C@H]3C[C@H](N(Cc4cccc(Cl)c4)C(C)=O)C[C@H]3C2)c1. The minimum atomic E-state index is -0.179. The van der Waals surface area contributed by atoms with Crippen LogP contribution in [0.3, 0.4) is 0 Å². The maximum atomic E-state index is 12.9. The summed E-state index contributed by atoms with van der Waals surface area (Å²) in [7, 11) is 1.65. The highest BCUT2D eigenvalue weighted by Crippen LogP contribution is 2.41. The summed E-state index contributed by atoms with van der Waals surface area (Å²) < 4.78 is 1.30. The molecule has 1 aromatic carbocycles. The lowest BCUT2D eigenvalue weighted by Crippen LogP contribution is -2.39. The van der Waals surface area contributed by atoms with E-state index in [1.54, 1.807) is 20.2 Å². The van der Waals surface area contributed by atoms with Crippen molar-refractivity contribution in [2.24, 2.45) is 11.8 Å². The number of carbonyl (C=O) groups is 3. The Morgan fingerprint density at radius 2 is 1.81 bits per heavy atom. The molecule has 8 nitrogen and oxygen atoms in total. The standard InChI is InChI=1S/C23H28ClN5O3/c1-15(30)26(3)22-10-25-29(14-22)23(32)27-12-18-8-21(9-19(18)13-27)28(16(2)31)11-17-5-4-6-20(24)7-17/h4-7,10,14,18-19,21H,8-9,11-13H2,1-3H3/t18-,19+,21+. The third-order valence-corrected chi connectivity index (χ3v) is 6.94. The number of likely N-dealkylation sites (tertiary alicyclic amines) is 1. The van der Waals surface area contributed by atoms with Gasteiger partial charge >= 0.3 is 6.03 Å². The third-order valence-electron chi connectivity index (χ3n) is 6.71. The van der Waals surface area contributed by atoms with E-state index in [0.29, 0.717) is 42.2 Å². The normalized spacial score (nSPS) is 22.0. The second kappa shape index (κ2) is 8.94. The van der Waals surface area contributed by atoms with Gasteiger partial charge in [0.1, 0.15) is 0 Å². The molecule has 2 heterocycles. The first kappa shape index (κ1) is 22.3. The maximum Gasteiger partial charge on any atom is 0.344 e. The van der Waals surface area contributed by atoms with Gasteiger partial charge in [-0.15, -0.1) is 0 Å². The van der Waals surface area contributed by atoms with Crippen molar-refractivity contribution < 1.29 is 14.4 Å². The summed E-state index contributed by atoms with van der Waals surface area (Å²) in [5, 5.41) is 4.81. The van der Waals surface area contributed by atoms with E-state index in [0.717, 1.165) is 18.4 Å². The zero-order chi connectivity index (χ0) is 23.0. The lowest BCUT2D eigenvalue weighted by atomic mass is 10.0. The largest absolute Gasteiger partial charge is 0.344 e. The fraction of sp³-hybridized carbons (Fsp3) is 0.478. The highest BCUT2D eigenvalue weighted by Gasteiger charge is 2.45. The monoisotopic (exact) mass is 457 g/mol. The van der Waals surface area contributed by atoms with Crippen LogP contribution in [0.15, 0.2) is 36.7 Å². The fourth-order valence-electron chi connectivity index (χ4n) is 4.93. The van der Waals surface area contributed by atoms with Crippen LogP contribution in [0.25, 0.3) is 0 Å². The Hall–Kier alpha value is -2.87. The minimum absolute atomic E-state index is 0.0570. The van der Waals surface area contributed by atoms with E-state index in [1.165, 1.54) is 22.7 Å². The summed E-state index contributed by atoms with van der Waals surface area (Å²) >= 11 is 6.11. The molecular formula is C23H28ClN5O3. The van der Waals surface area contributed by atoms with Crippen molar-refractivity contribution in [3.8, 4) is 0 Å². The summed E-state index contributed by atoms with van der Waals surface area (Å²) in [6, 6.07) is 7.60. The summed E-state index contributed by atoms with van der Waals surface area (Å²) in [5.74, 6) is 0.660. The smallest absolute Gasteiger partial charge is 0.336 e. The molecule has 170 valence electrons. The molecule has 1 saturated carbocycles. The van der Waals surface area contributed by atoms with Gasteiger partial charge in [0, 0.05) is 51.6 Å². The van der Waals surface area contributed by atoms with E-state index >= 15 is 0 Å². The summed E-state index contributed by atoms with van der Waals surface area (Å²) in [6.45, 7) is 4.93. The van der Waals surface area contributed by atoms with E-state index in [4.69, 9.17) is 11.6 Å². The van der Waals surface area contributed by atoms with Crippen LogP contribution in [0.4, 0.5) is 10.5 Å². The van der Waals surface area contributed by atoms with Crippen molar-refractivity contribution in [2.75, 3.05) is 25.0 Å². The topological polar surface area (TPSA) is 78.8 Å². The van der Waals surface area contributed by atoms with Gasteiger partial charge < -0.3 is 14.7 Å². The first-order chi connectivity index (χ1) is 15.2. The summed E-state index contributed by atoms with van der Waals surface area (Å²) in [6.07, 6.45) is 4.87. The molecule has 0 bridgehead atoms. The average molecular weight is 458 g/mol. The van der Waals surface area contributed by atoms with Gasteiger partial charge in [-0.05, 0) is 42.4 Å². The van der Waals surface area contributed by atoms with Gasteiger partial charge in [0.15, 0.2) is 0 Å². The molecule has 0 radical (unpaired) electrons. The fourth-order valence-corrected chi connectivity index (χ4v) is 5.14. The first-order valence-electron chi connectivity index (χ1n) is 10.8. The third kappa shape index (κ3) is 4.50. The predicted molar refractivity (Wildman–Crippen MR) is 121 cm³/mol. The molecule has 32 heavy (non-hydrogen) atoms. The molecule has 9 heteroatoms. The van der Waals surface area contributed by atoms with Crippen molar-refractivity contribution in [1.82, 2.24) is 19.6 Å². The van der Waals surface area contributed by atoms with Crippen LogP contribution >= 0.6 is 11.6 Å². The number of aromatic nitrogens is 2. The van der Waals surface area contributed by atoms with Crippen LogP contribution in [0.1, 0.15) is 32.3 Å². The Balaban J connectivity index is 1.38. The average Bonchev–Trinajstić information content (AvgIpc) is 3.45. The minimum Gasteiger partial charge on any atom is -0.336 e. The van der Waals surface area contributed by atoms with Crippen LogP contribution in [0.5, 0.6) is 0 Å². The molecular weight excluding hydrogens is 430 g/mol. The van der Waals surface area contributed by atoms with Crippen LogP contribution < -0.4 is 4.90 Å². The second-order valence-corrected chi connectivity index (χ2v) is 9.27. The predicted octanol–water partition coefficient (Wildman–Crippen LogP) is 3.25. The number of halogens is 1.